The Morgan fingerprint density at radius 1 is 1.64 bits per heavy atom. The number of likely N-dealkylation sites (N-methyl/N-ethyl adjacent to an activating group) is 1. The highest BCUT2D eigenvalue weighted by Gasteiger charge is 2.32. The lowest BCUT2D eigenvalue weighted by molar-refractivity contribution is 0.187. The van der Waals surface area contributed by atoms with Crippen molar-refractivity contribution in [1.82, 2.24) is 15.1 Å². The first-order chi connectivity index (χ1) is 6.54. The van der Waals surface area contributed by atoms with Crippen LogP contribution >= 0.6 is 12.2 Å². The largest absolute Gasteiger partial charge is 0.391 e. The zero-order valence-electron chi connectivity index (χ0n) is 9.03. The molecule has 0 spiro atoms. The summed E-state index contributed by atoms with van der Waals surface area (Å²) in [5.41, 5.74) is 0. The smallest absolute Gasteiger partial charge is 0.169 e. The van der Waals surface area contributed by atoms with E-state index in [1.807, 2.05) is 21.1 Å². The molecule has 0 saturated carbocycles. The topological polar surface area (TPSA) is 38.7 Å². The van der Waals surface area contributed by atoms with Crippen LogP contribution in [0.1, 0.15) is 6.42 Å². The number of thiocarbonyl (C=S) groups is 1. The van der Waals surface area contributed by atoms with Gasteiger partial charge in [0.15, 0.2) is 5.11 Å². The number of likely N-dealkylation sites (tertiary alicyclic amines) is 1. The molecule has 1 heterocycles. The molecule has 5 heteroatoms. The molecule has 0 aromatic rings. The van der Waals surface area contributed by atoms with Crippen LogP contribution < -0.4 is 5.32 Å². The Morgan fingerprint density at radius 3 is 2.79 bits per heavy atom. The quantitative estimate of drug-likeness (QED) is 0.610. The number of nitrogens with one attached hydrogen (secondary N) is 1. The summed E-state index contributed by atoms with van der Waals surface area (Å²) >= 11 is 5.18. The second kappa shape index (κ2) is 4.91. The molecule has 0 radical (unpaired) electrons. The SMILES string of the molecule is CNC(=S)N1CC(O)CC1CN(C)C. The summed E-state index contributed by atoms with van der Waals surface area (Å²) < 4.78 is 0. The van der Waals surface area contributed by atoms with Crippen molar-refractivity contribution < 1.29 is 5.11 Å². The molecule has 1 aliphatic rings. The van der Waals surface area contributed by atoms with Gasteiger partial charge in [0.2, 0.25) is 0 Å². The molecule has 0 aromatic carbocycles. The van der Waals surface area contributed by atoms with E-state index in [1.54, 1.807) is 0 Å². The third kappa shape index (κ3) is 2.80. The van der Waals surface area contributed by atoms with Crippen LogP contribution in [0, 0.1) is 0 Å². The van der Waals surface area contributed by atoms with E-state index in [-0.39, 0.29) is 6.10 Å². The summed E-state index contributed by atoms with van der Waals surface area (Å²) in [5.74, 6) is 0. The highest BCUT2D eigenvalue weighted by Crippen LogP contribution is 2.18. The van der Waals surface area contributed by atoms with Gasteiger partial charge in [-0.3, -0.25) is 0 Å². The number of hydrogen-bond acceptors (Lipinski definition) is 3. The van der Waals surface area contributed by atoms with Crippen LogP contribution in [0.2, 0.25) is 0 Å². The highest BCUT2D eigenvalue weighted by molar-refractivity contribution is 7.80. The molecule has 1 fully saturated rings. The molecule has 0 aliphatic carbocycles. The van der Waals surface area contributed by atoms with Gasteiger partial charge in [-0.15, -0.1) is 0 Å². The van der Waals surface area contributed by atoms with Crippen molar-refractivity contribution in [3.8, 4) is 0 Å². The first-order valence-corrected chi connectivity index (χ1v) is 5.26. The van der Waals surface area contributed by atoms with Gasteiger partial charge >= 0.3 is 0 Å². The maximum Gasteiger partial charge on any atom is 0.169 e. The number of β-amino-alcohol motifs (C(OH)–C–C–N with tert-alkyl or cyclic N) is 1. The Morgan fingerprint density at radius 2 is 2.29 bits per heavy atom. The van der Waals surface area contributed by atoms with Crippen molar-refractivity contribution in [1.29, 1.82) is 0 Å². The van der Waals surface area contributed by atoms with Gasteiger partial charge < -0.3 is 20.2 Å². The molecule has 1 aliphatic heterocycles. The number of rotatable bonds is 2. The Hall–Kier alpha value is -0.390. The molecule has 2 atom stereocenters. The van der Waals surface area contributed by atoms with Gasteiger partial charge in [0, 0.05) is 26.2 Å². The summed E-state index contributed by atoms with van der Waals surface area (Å²) in [6.45, 7) is 1.58. The van der Waals surface area contributed by atoms with Crippen molar-refractivity contribution in [2.45, 2.75) is 18.6 Å². The fourth-order valence-electron chi connectivity index (χ4n) is 1.88. The zero-order valence-corrected chi connectivity index (χ0v) is 9.84. The van der Waals surface area contributed by atoms with Crippen molar-refractivity contribution in [3.05, 3.63) is 0 Å². The number of aliphatic hydroxyl groups excluding tert-OH is 1. The van der Waals surface area contributed by atoms with Crippen LogP contribution in [0.25, 0.3) is 0 Å². The molecule has 4 nitrogen and oxygen atoms in total. The summed E-state index contributed by atoms with van der Waals surface area (Å²) in [4.78, 5) is 4.19. The molecule has 0 bridgehead atoms. The Kier molecular flexibility index (Phi) is 4.10. The Bertz CT molecular complexity index is 210. The fraction of sp³-hybridized carbons (Fsp3) is 0.889. The van der Waals surface area contributed by atoms with E-state index < -0.39 is 0 Å². The zero-order chi connectivity index (χ0) is 10.7. The van der Waals surface area contributed by atoms with Gasteiger partial charge in [0.05, 0.1) is 6.10 Å². The monoisotopic (exact) mass is 217 g/mol. The lowest BCUT2D eigenvalue weighted by Crippen LogP contribution is -2.45. The lowest BCUT2D eigenvalue weighted by Gasteiger charge is -2.28. The second-order valence-corrected chi connectivity index (χ2v) is 4.40. The van der Waals surface area contributed by atoms with Crippen LogP contribution in [0.4, 0.5) is 0 Å². The standard InChI is InChI=1S/C9H19N3OS/c1-10-9(14)12-6-8(13)4-7(12)5-11(2)3/h7-8,13H,4-6H2,1-3H3,(H,10,14). The van der Waals surface area contributed by atoms with Gasteiger partial charge in [0.25, 0.3) is 0 Å². The molecule has 82 valence electrons. The third-order valence-corrected chi connectivity index (χ3v) is 2.88. The molecule has 1 saturated heterocycles. The summed E-state index contributed by atoms with van der Waals surface area (Å²) in [7, 11) is 5.89. The minimum atomic E-state index is -0.244. The third-order valence-electron chi connectivity index (χ3n) is 2.44. The minimum Gasteiger partial charge on any atom is -0.391 e. The van der Waals surface area contributed by atoms with E-state index in [2.05, 4.69) is 15.1 Å². The Labute approximate surface area is 90.9 Å². The van der Waals surface area contributed by atoms with E-state index in [0.717, 1.165) is 18.1 Å². The first kappa shape index (κ1) is 11.7. The van der Waals surface area contributed by atoms with Gasteiger partial charge in [-0.1, -0.05) is 0 Å². The fourth-order valence-corrected chi connectivity index (χ4v) is 2.10. The summed E-state index contributed by atoms with van der Waals surface area (Å²) in [5, 5.41) is 13.3. The van der Waals surface area contributed by atoms with E-state index in [9.17, 15) is 5.11 Å². The van der Waals surface area contributed by atoms with Gasteiger partial charge in [-0.25, -0.2) is 0 Å². The molecule has 2 unspecified atom stereocenters. The molecule has 0 amide bonds. The van der Waals surface area contributed by atoms with Crippen LogP contribution in [0.3, 0.4) is 0 Å². The van der Waals surface area contributed by atoms with Crippen LogP contribution in [0.15, 0.2) is 0 Å². The number of hydrogen-bond donors (Lipinski definition) is 2. The van der Waals surface area contributed by atoms with Crippen molar-refractivity contribution in [2.24, 2.45) is 0 Å². The first-order valence-electron chi connectivity index (χ1n) is 4.85. The van der Waals surface area contributed by atoms with E-state index in [0.29, 0.717) is 12.6 Å². The van der Waals surface area contributed by atoms with E-state index >= 15 is 0 Å². The van der Waals surface area contributed by atoms with Gasteiger partial charge in [-0.2, -0.15) is 0 Å². The van der Waals surface area contributed by atoms with Crippen molar-refractivity contribution in [3.63, 3.8) is 0 Å². The average molecular weight is 217 g/mol. The molecule has 0 aromatic heterocycles. The molecule has 1 rings (SSSR count). The lowest BCUT2D eigenvalue weighted by atomic mass is 10.2. The van der Waals surface area contributed by atoms with Gasteiger partial charge in [0.1, 0.15) is 0 Å². The van der Waals surface area contributed by atoms with E-state index in [4.69, 9.17) is 12.2 Å². The second-order valence-electron chi connectivity index (χ2n) is 4.01. The van der Waals surface area contributed by atoms with Crippen LogP contribution in [-0.4, -0.2) is 66.4 Å². The van der Waals surface area contributed by atoms with Crippen LogP contribution in [-0.2, 0) is 0 Å². The predicted octanol–water partition coefficient (Wildman–Crippen LogP) is -0.513. The maximum absolute atomic E-state index is 9.58. The number of nitrogens with zero attached hydrogens (tertiary/aromatic N) is 2. The maximum atomic E-state index is 9.58. The predicted molar refractivity (Wildman–Crippen MR) is 61.3 cm³/mol. The summed E-state index contributed by atoms with van der Waals surface area (Å²) in [6, 6.07) is 0.333. The Balaban J connectivity index is 2.58. The summed E-state index contributed by atoms with van der Waals surface area (Å²) in [6.07, 6.45) is 0.561. The normalized spacial score (nSPS) is 27.1. The van der Waals surface area contributed by atoms with E-state index in [1.165, 1.54) is 0 Å². The van der Waals surface area contributed by atoms with Gasteiger partial charge in [-0.05, 0) is 32.7 Å². The minimum absolute atomic E-state index is 0.244. The molecule has 14 heavy (non-hydrogen) atoms. The molecular formula is C9H19N3OS. The molecule has 2 N–H and O–H groups in total. The van der Waals surface area contributed by atoms with Crippen LogP contribution in [0.5, 0.6) is 0 Å². The molecular weight excluding hydrogens is 198 g/mol. The van der Waals surface area contributed by atoms with Crippen molar-refractivity contribution in [2.75, 3.05) is 34.2 Å². The highest BCUT2D eigenvalue weighted by atomic mass is 32.1. The average Bonchev–Trinajstić information content (AvgIpc) is 2.44. The number of aliphatic hydroxyl groups is 1. The van der Waals surface area contributed by atoms with Crippen molar-refractivity contribution >= 4 is 17.3 Å².